The molecule has 182 valence electrons. The monoisotopic (exact) mass is 468 g/mol. The second kappa shape index (κ2) is 7.60. The molecule has 3 aromatic rings. The quantitative estimate of drug-likeness (QED) is 0.547. The fourth-order valence-corrected chi connectivity index (χ4v) is 7.05. The lowest BCUT2D eigenvalue weighted by atomic mass is 9.63. The number of hydrogen-bond donors (Lipinski definition) is 0. The minimum absolute atomic E-state index is 0.146. The van der Waals surface area contributed by atoms with Crippen LogP contribution in [0, 0.1) is 19.3 Å². The van der Waals surface area contributed by atoms with Crippen LogP contribution < -0.4 is 0 Å². The van der Waals surface area contributed by atoms with Crippen LogP contribution in [0.2, 0.25) is 0 Å². The van der Waals surface area contributed by atoms with Crippen LogP contribution in [0.3, 0.4) is 0 Å². The highest BCUT2D eigenvalue weighted by Crippen LogP contribution is 2.70. The SMILES string of the molecule is Cc1cc2nc3c(nc2cc1C)C1(C(=O)N2CCN(Cc4ccccc4)CC2)CCC3(C)C1(C)C. The Balaban J connectivity index is 1.34. The molecule has 2 bridgehead atoms. The summed E-state index contributed by atoms with van der Waals surface area (Å²) in [6.07, 6.45) is 1.84. The molecule has 5 nitrogen and oxygen atoms in total. The topological polar surface area (TPSA) is 49.3 Å². The van der Waals surface area contributed by atoms with Gasteiger partial charge in [0.05, 0.1) is 27.8 Å². The number of nitrogens with zero attached hydrogens (tertiary/aromatic N) is 4. The number of benzene rings is 2. The Morgan fingerprint density at radius 3 is 2.09 bits per heavy atom. The predicted octanol–water partition coefficient (Wildman–Crippen LogP) is 4.92. The Kier molecular flexibility index (Phi) is 4.92. The summed E-state index contributed by atoms with van der Waals surface area (Å²) in [5.74, 6) is 0.266. The van der Waals surface area contributed by atoms with Gasteiger partial charge >= 0.3 is 0 Å². The van der Waals surface area contributed by atoms with E-state index in [-0.39, 0.29) is 16.7 Å². The highest BCUT2D eigenvalue weighted by Gasteiger charge is 2.73. The molecule has 3 aliphatic rings. The third-order valence-electron chi connectivity index (χ3n) is 9.93. The van der Waals surface area contributed by atoms with E-state index in [0.717, 1.165) is 68.0 Å². The van der Waals surface area contributed by atoms with Crippen LogP contribution in [0.15, 0.2) is 42.5 Å². The van der Waals surface area contributed by atoms with Gasteiger partial charge in [-0.05, 0) is 60.9 Å². The fourth-order valence-electron chi connectivity index (χ4n) is 7.05. The first-order chi connectivity index (χ1) is 16.7. The summed E-state index contributed by atoms with van der Waals surface area (Å²) in [4.78, 5) is 29.5. The Labute approximate surface area is 208 Å². The summed E-state index contributed by atoms with van der Waals surface area (Å²) < 4.78 is 0. The van der Waals surface area contributed by atoms with Crippen molar-refractivity contribution in [3.05, 3.63) is 70.5 Å². The molecule has 1 saturated heterocycles. The number of fused-ring (bicyclic) bond motifs is 6. The van der Waals surface area contributed by atoms with Crippen LogP contribution in [0.5, 0.6) is 0 Å². The van der Waals surface area contributed by atoms with Gasteiger partial charge in [-0.2, -0.15) is 0 Å². The van der Waals surface area contributed by atoms with Gasteiger partial charge in [-0.15, -0.1) is 0 Å². The summed E-state index contributed by atoms with van der Waals surface area (Å²) in [7, 11) is 0. The van der Waals surface area contributed by atoms with Crippen LogP contribution >= 0.6 is 0 Å². The van der Waals surface area contributed by atoms with Crippen LogP contribution in [0.4, 0.5) is 0 Å². The lowest BCUT2D eigenvalue weighted by Gasteiger charge is -2.44. The Morgan fingerprint density at radius 2 is 1.46 bits per heavy atom. The number of rotatable bonds is 3. The van der Waals surface area contributed by atoms with Gasteiger partial charge in [-0.3, -0.25) is 9.69 Å². The Morgan fingerprint density at radius 1 is 0.857 bits per heavy atom. The van der Waals surface area contributed by atoms with E-state index < -0.39 is 5.41 Å². The lowest BCUT2D eigenvalue weighted by molar-refractivity contribution is -0.143. The molecule has 0 N–H and O–H groups in total. The molecule has 6 rings (SSSR count). The molecule has 2 unspecified atom stereocenters. The van der Waals surface area contributed by atoms with Crippen LogP contribution in [0.25, 0.3) is 11.0 Å². The molecule has 1 saturated carbocycles. The van der Waals surface area contributed by atoms with Gasteiger partial charge in [-0.1, -0.05) is 51.1 Å². The molecule has 2 atom stereocenters. The standard InChI is InChI=1S/C30H36N4O/c1-20-17-23-24(18-21(20)2)32-26-25(31-23)29(5)11-12-30(26,28(29,3)4)27(35)34-15-13-33(14-16-34)19-22-9-7-6-8-10-22/h6-10,17-18H,11-16,19H2,1-5H3. The molecule has 1 aliphatic heterocycles. The van der Waals surface area contributed by atoms with E-state index in [4.69, 9.17) is 9.97 Å². The second-order valence-electron chi connectivity index (χ2n) is 11.8. The first kappa shape index (κ1) is 22.7. The molecular weight excluding hydrogens is 432 g/mol. The first-order valence-electron chi connectivity index (χ1n) is 13.0. The van der Waals surface area contributed by atoms with Gasteiger partial charge < -0.3 is 4.90 Å². The van der Waals surface area contributed by atoms with Crippen molar-refractivity contribution in [2.75, 3.05) is 26.2 Å². The van der Waals surface area contributed by atoms with Gasteiger partial charge in [0.15, 0.2) is 0 Å². The zero-order valence-corrected chi connectivity index (χ0v) is 21.7. The van der Waals surface area contributed by atoms with E-state index in [1.54, 1.807) is 0 Å². The lowest BCUT2D eigenvalue weighted by Crippen LogP contribution is -2.57. The number of amides is 1. The molecule has 2 aromatic carbocycles. The molecule has 1 amide bonds. The number of aromatic nitrogens is 2. The van der Waals surface area contributed by atoms with Crippen LogP contribution in [0.1, 0.15) is 61.7 Å². The number of hydrogen-bond acceptors (Lipinski definition) is 4. The van der Waals surface area contributed by atoms with E-state index in [9.17, 15) is 4.79 Å². The van der Waals surface area contributed by atoms with Gasteiger partial charge in [-0.25, -0.2) is 9.97 Å². The number of carbonyl (C=O) groups excluding carboxylic acids is 1. The molecule has 2 fully saturated rings. The maximum atomic E-state index is 14.5. The molecule has 35 heavy (non-hydrogen) atoms. The fraction of sp³-hybridized carbons (Fsp3) is 0.500. The zero-order chi connectivity index (χ0) is 24.6. The molecule has 1 aromatic heterocycles. The summed E-state index contributed by atoms with van der Waals surface area (Å²) in [5, 5.41) is 0. The molecule has 5 heteroatoms. The maximum absolute atomic E-state index is 14.5. The average molecular weight is 469 g/mol. The minimum Gasteiger partial charge on any atom is -0.339 e. The van der Waals surface area contributed by atoms with E-state index >= 15 is 0 Å². The van der Waals surface area contributed by atoms with Crippen molar-refractivity contribution >= 4 is 16.9 Å². The number of piperazine rings is 1. The molecule has 0 spiro atoms. The van der Waals surface area contributed by atoms with Gasteiger partial charge in [0, 0.05) is 38.1 Å². The van der Waals surface area contributed by atoms with Crippen molar-refractivity contribution in [2.24, 2.45) is 5.41 Å². The Hall–Kier alpha value is -2.79. The van der Waals surface area contributed by atoms with Gasteiger partial charge in [0.1, 0.15) is 0 Å². The Bertz CT molecular complexity index is 1330. The van der Waals surface area contributed by atoms with Crippen molar-refractivity contribution in [2.45, 2.75) is 64.8 Å². The third-order valence-corrected chi connectivity index (χ3v) is 9.93. The van der Waals surface area contributed by atoms with Crippen molar-refractivity contribution in [3.8, 4) is 0 Å². The van der Waals surface area contributed by atoms with Crippen molar-refractivity contribution in [1.29, 1.82) is 0 Å². The van der Waals surface area contributed by atoms with Crippen LogP contribution in [-0.4, -0.2) is 51.9 Å². The van der Waals surface area contributed by atoms with E-state index in [2.05, 4.69) is 86.9 Å². The maximum Gasteiger partial charge on any atom is 0.235 e. The average Bonchev–Trinajstić information content (AvgIpc) is 3.14. The van der Waals surface area contributed by atoms with Gasteiger partial charge in [0.25, 0.3) is 0 Å². The number of carbonyl (C=O) groups is 1. The first-order valence-corrected chi connectivity index (χ1v) is 13.0. The predicted molar refractivity (Wildman–Crippen MR) is 139 cm³/mol. The smallest absolute Gasteiger partial charge is 0.235 e. The largest absolute Gasteiger partial charge is 0.339 e. The minimum atomic E-state index is -0.599. The van der Waals surface area contributed by atoms with Crippen LogP contribution in [-0.2, 0) is 22.2 Å². The van der Waals surface area contributed by atoms with Crippen molar-refractivity contribution in [3.63, 3.8) is 0 Å². The summed E-state index contributed by atoms with van der Waals surface area (Å²) in [6.45, 7) is 15.4. The molecule has 2 heterocycles. The second-order valence-corrected chi connectivity index (χ2v) is 11.8. The third kappa shape index (κ3) is 3.00. The molecular formula is C30H36N4O. The van der Waals surface area contributed by atoms with Crippen molar-refractivity contribution < 1.29 is 4.79 Å². The van der Waals surface area contributed by atoms with Gasteiger partial charge in [0.2, 0.25) is 5.91 Å². The highest BCUT2D eigenvalue weighted by atomic mass is 16.2. The van der Waals surface area contributed by atoms with E-state index in [1.165, 1.54) is 16.7 Å². The van der Waals surface area contributed by atoms with E-state index in [1.807, 2.05) is 0 Å². The molecule has 0 radical (unpaired) electrons. The van der Waals surface area contributed by atoms with E-state index in [0.29, 0.717) is 0 Å². The summed E-state index contributed by atoms with van der Waals surface area (Å²) in [6, 6.07) is 14.9. The summed E-state index contributed by atoms with van der Waals surface area (Å²) >= 11 is 0. The zero-order valence-electron chi connectivity index (χ0n) is 21.7. The highest BCUT2D eigenvalue weighted by molar-refractivity contribution is 5.93. The number of aryl methyl sites for hydroxylation is 2. The molecule has 2 aliphatic carbocycles. The summed E-state index contributed by atoms with van der Waals surface area (Å²) in [5.41, 5.74) is 6.68. The normalized spacial score (nSPS) is 27.4. The van der Waals surface area contributed by atoms with Crippen molar-refractivity contribution in [1.82, 2.24) is 19.8 Å².